The van der Waals surface area contributed by atoms with Crippen LogP contribution in [-0.2, 0) is 26.2 Å². The van der Waals surface area contributed by atoms with Crippen LogP contribution in [0.5, 0.6) is 0 Å². The van der Waals surface area contributed by atoms with Gasteiger partial charge >= 0.3 is 0 Å². The highest BCUT2D eigenvalue weighted by Gasteiger charge is 2.30. The van der Waals surface area contributed by atoms with E-state index in [0.717, 1.165) is 15.1 Å². The maximum Gasteiger partial charge on any atom is 0.243 e. The van der Waals surface area contributed by atoms with Crippen molar-refractivity contribution in [3.63, 3.8) is 0 Å². The van der Waals surface area contributed by atoms with Crippen molar-refractivity contribution in [2.24, 2.45) is 0 Å². The number of rotatable bonds is 9. The topological polar surface area (TPSA) is 86.8 Å². The van der Waals surface area contributed by atoms with E-state index in [1.807, 2.05) is 24.3 Å². The number of benzene rings is 3. The van der Waals surface area contributed by atoms with Gasteiger partial charge in [-0.25, -0.2) is 8.42 Å². The number of nitrogens with zero attached hydrogens (tertiary/aromatic N) is 2. The summed E-state index contributed by atoms with van der Waals surface area (Å²) in [5.74, 6) is -0.873. The van der Waals surface area contributed by atoms with Crippen molar-refractivity contribution in [3.8, 4) is 0 Å². The summed E-state index contributed by atoms with van der Waals surface area (Å²) in [6.07, 6.45) is 0. The second-order valence-corrected chi connectivity index (χ2v) is 11.0. The van der Waals surface area contributed by atoms with Crippen LogP contribution in [0.1, 0.15) is 19.4 Å². The van der Waals surface area contributed by atoms with Gasteiger partial charge in [0.1, 0.15) is 6.04 Å². The SMILES string of the molecule is CCNC(=O)[C@@H](C)N(Cc1ccc(Cl)c(Cl)c1)C(=O)CN(C)S(=O)(=O)c1ccc2ccccc2c1. The van der Waals surface area contributed by atoms with Crippen LogP contribution in [0.2, 0.25) is 10.0 Å². The van der Waals surface area contributed by atoms with Gasteiger partial charge in [0.15, 0.2) is 0 Å². The molecule has 0 aliphatic rings. The van der Waals surface area contributed by atoms with Crippen molar-refractivity contribution in [2.75, 3.05) is 20.1 Å². The molecule has 0 aliphatic heterocycles. The number of likely N-dealkylation sites (N-methyl/N-ethyl adjacent to an activating group) is 2. The van der Waals surface area contributed by atoms with Gasteiger partial charge in [0, 0.05) is 20.1 Å². The van der Waals surface area contributed by atoms with Gasteiger partial charge in [-0.15, -0.1) is 0 Å². The Morgan fingerprint density at radius 1 is 0.971 bits per heavy atom. The van der Waals surface area contributed by atoms with E-state index in [-0.39, 0.29) is 17.3 Å². The van der Waals surface area contributed by atoms with Crippen LogP contribution in [0.3, 0.4) is 0 Å². The lowest BCUT2D eigenvalue weighted by Gasteiger charge is -2.30. The van der Waals surface area contributed by atoms with Crippen molar-refractivity contribution in [1.29, 1.82) is 0 Å². The van der Waals surface area contributed by atoms with Crippen LogP contribution >= 0.6 is 23.2 Å². The highest BCUT2D eigenvalue weighted by atomic mass is 35.5. The summed E-state index contributed by atoms with van der Waals surface area (Å²) in [5.41, 5.74) is 0.656. The molecule has 0 fully saturated rings. The van der Waals surface area contributed by atoms with Gasteiger partial charge in [0.2, 0.25) is 21.8 Å². The molecule has 0 unspecified atom stereocenters. The van der Waals surface area contributed by atoms with Gasteiger partial charge in [0.05, 0.1) is 21.5 Å². The third kappa shape index (κ3) is 6.32. The number of sulfonamides is 1. The second kappa shape index (κ2) is 11.4. The monoisotopic (exact) mass is 535 g/mol. The van der Waals surface area contributed by atoms with Crippen LogP contribution in [0.15, 0.2) is 65.6 Å². The molecule has 0 aromatic heterocycles. The van der Waals surface area contributed by atoms with Crippen LogP contribution in [-0.4, -0.2) is 55.6 Å². The van der Waals surface area contributed by atoms with Crippen molar-refractivity contribution >= 4 is 55.8 Å². The number of nitrogens with one attached hydrogen (secondary N) is 1. The molecule has 0 saturated carbocycles. The number of halogens is 2. The average Bonchev–Trinajstić information content (AvgIpc) is 2.83. The smallest absolute Gasteiger partial charge is 0.243 e. The molecule has 10 heteroatoms. The molecule has 0 heterocycles. The summed E-state index contributed by atoms with van der Waals surface area (Å²) in [4.78, 5) is 27.3. The summed E-state index contributed by atoms with van der Waals surface area (Å²) in [5, 5.41) is 5.07. The third-order valence-electron chi connectivity index (χ3n) is 5.64. The lowest BCUT2D eigenvalue weighted by atomic mass is 10.1. The van der Waals surface area contributed by atoms with Gasteiger partial charge in [-0.2, -0.15) is 4.31 Å². The molecule has 35 heavy (non-hydrogen) atoms. The third-order valence-corrected chi connectivity index (χ3v) is 8.18. The summed E-state index contributed by atoms with van der Waals surface area (Å²) in [7, 11) is -2.61. The molecule has 186 valence electrons. The van der Waals surface area contributed by atoms with Gasteiger partial charge in [0.25, 0.3) is 0 Å². The lowest BCUT2D eigenvalue weighted by molar-refractivity contribution is -0.140. The highest BCUT2D eigenvalue weighted by molar-refractivity contribution is 7.89. The predicted octanol–water partition coefficient (Wildman–Crippen LogP) is 4.32. The van der Waals surface area contributed by atoms with Gasteiger partial charge in [-0.05, 0) is 54.4 Å². The Kier molecular flexibility index (Phi) is 8.77. The molecular formula is C25H27Cl2N3O4S. The van der Waals surface area contributed by atoms with Crippen LogP contribution < -0.4 is 5.32 Å². The number of hydrogen-bond donors (Lipinski definition) is 1. The maximum atomic E-state index is 13.3. The quantitative estimate of drug-likeness (QED) is 0.442. The van der Waals surface area contributed by atoms with E-state index in [1.165, 1.54) is 18.0 Å². The first-order valence-corrected chi connectivity index (χ1v) is 13.2. The zero-order valence-electron chi connectivity index (χ0n) is 19.7. The molecule has 3 aromatic carbocycles. The minimum Gasteiger partial charge on any atom is -0.355 e. The van der Waals surface area contributed by atoms with E-state index in [2.05, 4.69) is 5.32 Å². The van der Waals surface area contributed by atoms with E-state index in [4.69, 9.17) is 23.2 Å². The molecule has 1 N–H and O–H groups in total. The zero-order chi connectivity index (χ0) is 25.8. The Hall–Kier alpha value is -2.65. The fourth-order valence-electron chi connectivity index (χ4n) is 3.61. The molecule has 0 saturated heterocycles. The molecule has 0 bridgehead atoms. The van der Waals surface area contributed by atoms with Crippen LogP contribution in [0.25, 0.3) is 10.8 Å². The summed E-state index contributed by atoms with van der Waals surface area (Å²) >= 11 is 12.1. The maximum absolute atomic E-state index is 13.3. The normalized spacial score (nSPS) is 12.5. The average molecular weight is 536 g/mol. The van der Waals surface area contributed by atoms with E-state index < -0.39 is 28.5 Å². The fraction of sp³-hybridized carbons (Fsp3) is 0.280. The lowest BCUT2D eigenvalue weighted by Crippen LogP contribution is -2.50. The van der Waals surface area contributed by atoms with Crippen molar-refractivity contribution in [1.82, 2.24) is 14.5 Å². The van der Waals surface area contributed by atoms with Crippen molar-refractivity contribution in [2.45, 2.75) is 31.3 Å². The molecule has 3 rings (SSSR count). The minimum atomic E-state index is -3.95. The Balaban J connectivity index is 1.86. The molecule has 1 atom stereocenters. The molecule has 0 radical (unpaired) electrons. The predicted molar refractivity (Wildman–Crippen MR) is 139 cm³/mol. The van der Waals surface area contributed by atoms with Crippen molar-refractivity contribution < 1.29 is 18.0 Å². The molecule has 0 spiro atoms. The number of amides is 2. The molecule has 3 aromatic rings. The Morgan fingerprint density at radius 2 is 1.66 bits per heavy atom. The van der Waals surface area contributed by atoms with Gasteiger partial charge < -0.3 is 10.2 Å². The van der Waals surface area contributed by atoms with Crippen molar-refractivity contribution in [3.05, 3.63) is 76.3 Å². The Bertz CT molecular complexity index is 1350. The van der Waals surface area contributed by atoms with Gasteiger partial charge in [-0.3, -0.25) is 9.59 Å². The molecular weight excluding hydrogens is 509 g/mol. The summed E-state index contributed by atoms with van der Waals surface area (Å²) in [6.45, 7) is 3.38. The number of hydrogen-bond acceptors (Lipinski definition) is 4. The van der Waals surface area contributed by atoms with Gasteiger partial charge in [-0.1, -0.05) is 59.6 Å². The van der Waals surface area contributed by atoms with Crippen LogP contribution in [0.4, 0.5) is 0 Å². The number of carbonyl (C=O) groups is 2. The molecule has 7 nitrogen and oxygen atoms in total. The largest absolute Gasteiger partial charge is 0.355 e. The fourth-order valence-corrected chi connectivity index (χ4v) is 5.09. The second-order valence-electron chi connectivity index (χ2n) is 8.11. The first kappa shape index (κ1) is 26.9. The Morgan fingerprint density at radius 3 is 2.31 bits per heavy atom. The van der Waals surface area contributed by atoms with E-state index in [1.54, 1.807) is 44.2 Å². The summed E-state index contributed by atoms with van der Waals surface area (Å²) < 4.78 is 27.4. The zero-order valence-corrected chi connectivity index (χ0v) is 22.0. The summed E-state index contributed by atoms with van der Waals surface area (Å²) in [6, 6.07) is 16.3. The van der Waals surface area contributed by atoms with E-state index in [0.29, 0.717) is 22.2 Å². The Labute approximate surface area is 215 Å². The standard InChI is InChI=1S/C25H27Cl2N3O4S/c1-4-28-25(32)17(2)30(15-18-9-12-22(26)23(27)13-18)24(31)16-29(3)35(33,34)21-11-10-19-7-5-6-8-20(19)14-21/h5-14,17H,4,15-16H2,1-3H3,(H,28,32)/t17-/m1/s1. The molecule has 0 aliphatic carbocycles. The minimum absolute atomic E-state index is 0.0535. The van der Waals surface area contributed by atoms with E-state index >= 15 is 0 Å². The number of fused-ring (bicyclic) bond motifs is 1. The van der Waals surface area contributed by atoms with E-state index in [9.17, 15) is 18.0 Å². The van der Waals surface area contributed by atoms with Crippen LogP contribution in [0, 0.1) is 0 Å². The highest BCUT2D eigenvalue weighted by Crippen LogP contribution is 2.25. The molecule has 2 amide bonds. The first-order chi connectivity index (χ1) is 16.5. The number of carbonyl (C=O) groups excluding carboxylic acids is 2. The first-order valence-electron chi connectivity index (χ1n) is 11.0.